The van der Waals surface area contributed by atoms with Gasteiger partial charge < -0.3 is 14.2 Å². The van der Waals surface area contributed by atoms with Gasteiger partial charge in [0.25, 0.3) is 0 Å². The van der Waals surface area contributed by atoms with Crippen molar-refractivity contribution in [3.05, 3.63) is 27.7 Å². The molecule has 0 aliphatic rings. The molecule has 1 aromatic carbocycles. The van der Waals surface area contributed by atoms with E-state index in [1.54, 1.807) is 26.2 Å². The number of ether oxygens (including phenoxy) is 3. The van der Waals surface area contributed by atoms with Crippen LogP contribution in [0.2, 0.25) is 10.0 Å². The molecule has 0 bridgehead atoms. The quantitative estimate of drug-likeness (QED) is 0.597. The summed E-state index contributed by atoms with van der Waals surface area (Å²) in [5.74, 6) is -0.189. The van der Waals surface area contributed by atoms with Crippen molar-refractivity contribution in [1.29, 1.82) is 0 Å². The largest absolute Gasteiger partial charge is 0.490 e. The Kier molecular flexibility index (Phi) is 6.25. The molecular formula is C12H14Cl2O4. The smallest absolute Gasteiger partial charge is 0.341 e. The topological polar surface area (TPSA) is 44.8 Å². The van der Waals surface area contributed by atoms with Gasteiger partial charge in [-0.15, -0.1) is 0 Å². The average molecular weight is 293 g/mol. The number of carbonyl (C=O) groups is 1. The van der Waals surface area contributed by atoms with Crippen LogP contribution in [0, 0.1) is 0 Å². The summed E-state index contributed by atoms with van der Waals surface area (Å²) in [6, 6.07) is 3.14. The molecule has 0 amide bonds. The van der Waals surface area contributed by atoms with Crippen molar-refractivity contribution in [3.8, 4) is 5.75 Å². The van der Waals surface area contributed by atoms with Crippen molar-refractivity contribution in [2.75, 3.05) is 26.9 Å². The van der Waals surface area contributed by atoms with Crippen LogP contribution in [0.15, 0.2) is 12.1 Å². The summed E-state index contributed by atoms with van der Waals surface area (Å²) < 4.78 is 15.1. The zero-order chi connectivity index (χ0) is 13.5. The summed E-state index contributed by atoms with van der Waals surface area (Å²) in [5.41, 5.74) is 0.120. The number of rotatable bonds is 6. The fraction of sp³-hybridized carbons (Fsp3) is 0.417. The first-order valence-electron chi connectivity index (χ1n) is 5.38. The SMILES string of the molecule is CCOC(=O)c1c(Cl)ccc(OCCOC)c1Cl. The summed E-state index contributed by atoms with van der Waals surface area (Å²) in [5, 5.41) is 0.384. The molecule has 0 aromatic heterocycles. The van der Waals surface area contributed by atoms with E-state index in [1.807, 2.05) is 0 Å². The third-order valence-corrected chi connectivity index (χ3v) is 2.77. The maximum absolute atomic E-state index is 11.7. The lowest BCUT2D eigenvalue weighted by Crippen LogP contribution is -2.09. The van der Waals surface area contributed by atoms with Crippen LogP contribution < -0.4 is 4.74 Å². The van der Waals surface area contributed by atoms with E-state index in [1.165, 1.54) is 0 Å². The Morgan fingerprint density at radius 2 is 2.00 bits per heavy atom. The second kappa shape index (κ2) is 7.46. The zero-order valence-electron chi connectivity index (χ0n) is 10.2. The number of esters is 1. The van der Waals surface area contributed by atoms with Crippen molar-refractivity contribution in [3.63, 3.8) is 0 Å². The molecule has 0 heterocycles. The highest BCUT2D eigenvalue weighted by molar-refractivity contribution is 6.40. The van der Waals surface area contributed by atoms with Crippen molar-refractivity contribution in [2.45, 2.75) is 6.92 Å². The zero-order valence-corrected chi connectivity index (χ0v) is 11.7. The van der Waals surface area contributed by atoms with E-state index in [0.29, 0.717) is 19.0 Å². The van der Waals surface area contributed by atoms with Crippen molar-refractivity contribution in [1.82, 2.24) is 0 Å². The molecule has 0 saturated carbocycles. The predicted octanol–water partition coefficient (Wildman–Crippen LogP) is 3.20. The van der Waals surface area contributed by atoms with Crippen LogP contribution in [-0.4, -0.2) is 32.9 Å². The molecule has 0 spiro atoms. The highest BCUT2D eigenvalue weighted by Gasteiger charge is 2.19. The van der Waals surface area contributed by atoms with E-state index < -0.39 is 5.97 Å². The standard InChI is InChI=1S/C12H14Cl2O4/c1-3-17-12(15)10-8(13)4-5-9(11(10)14)18-7-6-16-2/h4-5H,3,6-7H2,1-2H3. The first kappa shape index (κ1) is 15.1. The van der Waals surface area contributed by atoms with Gasteiger partial charge in [0.1, 0.15) is 17.9 Å². The van der Waals surface area contributed by atoms with E-state index in [2.05, 4.69) is 0 Å². The van der Waals surface area contributed by atoms with E-state index >= 15 is 0 Å². The predicted molar refractivity (Wildman–Crippen MR) is 69.8 cm³/mol. The Hall–Kier alpha value is -0.970. The van der Waals surface area contributed by atoms with Crippen LogP contribution in [0.4, 0.5) is 0 Å². The lowest BCUT2D eigenvalue weighted by Gasteiger charge is -2.11. The molecule has 0 atom stereocenters. The van der Waals surface area contributed by atoms with E-state index in [9.17, 15) is 4.79 Å². The summed E-state index contributed by atoms with van der Waals surface area (Å²) in [6.07, 6.45) is 0. The monoisotopic (exact) mass is 292 g/mol. The molecular weight excluding hydrogens is 279 g/mol. The van der Waals surface area contributed by atoms with Crippen LogP contribution in [0.1, 0.15) is 17.3 Å². The first-order chi connectivity index (χ1) is 8.61. The lowest BCUT2D eigenvalue weighted by molar-refractivity contribution is 0.0526. The highest BCUT2D eigenvalue weighted by Crippen LogP contribution is 2.33. The van der Waals surface area contributed by atoms with Crippen LogP contribution in [-0.2, 0) is 9.47 Å². The lowest BCUT2D eigenvalue weighted by atomic mass is 10.2. The third kappa shape index (κ3) is 3.77. The number of halogens is 2. The minimum absolute atomic E-state index is 0.120. The summed E-state index contributed by atoms with van der Waals surface area (Å²) in [6.45, 7) is 2.71. The molecule has 0 N–H and O–H groups in total. The van der Waals surface area contributed by atoms with Crippen molar-refractivity contribution >= 4 is 29.2 Å². The molecule has 0 radical (unpaired) electrons. The molecule has 0 aliphatic heterocycles. The maximum atomic E-state index is 11.7. The second-order valence-corrected chi connectivity index (χ2v) is 4.08. The summed E-state index contributed by atoms with van der Waals surface area (Å²) >= 11 is 12.0. The molecule has 0 unspecified atom stereocenters. The van der Waals surface area contributed by atoms with E-state index in [4.69, 9.17) is 37.4 Å². The number of hydrogen-bond acceptors (Lipinski definition) is 4. The first-order valence-corrected chi connectivity index (χ1v) is 6.14. The molecule has 0 aliphatic carbocycles. The molecule has 100 valence electrons. The molecule has 0 fully saturated rings. The maximum Gasteiger partial charge on any atom is 0.341 e. The molecule has 18 heavy (non-hydrogen) atoms. The van der Waals surface area contributed by atoms with Gasteiger partial charge in [-0.1, -0.05) is 23.2 Å². The van der Waals surface area contributed by atoms with Crippen LogP contribution >= 0.6 is 23.2 Å². The minimum atomic E-state index is -0.565. The summed E-state index contributed by atoms with van der Waals surface area (Å²) in [4.78, 5) is 11.7. The Labute approximate surface area is 116 Å². The normalized spacial score (nSPS) is 10.2. The number of carbonyl (C=O) groups excluding carboxylic acids is 1. The van der Waals surface area contributed by atoms with Crippen molar-refractivity contribution < 1.29 is 19.0 Å². The van der Waals surface area contributed by atoms with Crippen molar-refractivity contribution in [2.24, 2.45) is 0 Å². The highest BCUT2D eigenvalue weighted by atomic mass is 35.5. The Bertz CT molecular complexity index is 421. The Morgan fingerprint density at radius 1 is 1.28 bits per heavy atom. The van der Waals surface area contributed by atoms with Gasteiger partial charge in [0.2, 0.25) is 0 Å². The minimum Gasteiger partial charge on any atom is -0.490 e. The van der Waals surface area contributed by atoms with Gasteiger partial charge in [-0.2, -0.15) is 0 Å². The molecule has 1 rings (SSSR count). The van der Waals surface area contributed by atoms with Gasteiger partial charge in [0.05, 0.1) is 23.3 Å². The molecule has 4 nitrogen and oxygen atoms in total. The Morgan fingerprint density at radius 3 is 2.61 bits per heavy atom. The van der Waals surface area contributed by atoms with Gasteiger partial charge in [-0.25, -0.2) is 4.79 Å². The second-order valence-electron chi connectivity index (χ2n) is 3.30. The fourth-order valence-electron chi connectivity index (χ4n) is 1.27. The van der Waals surface area contributed by atoms with Gasteiger partial charge >= 0.3 is 5.97 Å². The van der Waals surface area contributed by atoms with Crippen LogP contribution in [0.5, 0.6) is 5.75 Å². The number of methoxy groups -OCH3 is 1. The van der Waals surface area contributed by atoms with Crippen LogP contribution in [0.3, 0.4) is 0 Å². The van der Waals surface area contributed by atoms with Gasteiger partial charge in [-0.3, -0.25) is 0 Å². The van der Waals surface area contributed by atoms with E-state index in [0.717, 1.165) is 0 Å². The fourth-order valence-corrected chi connectivity index (χ4v) is 1.85. The van der Waals surface area contributed by atoms with Gasteiger partial charge in [-0.05, 0) is 19.1 Å². The van der Waals surface area contributed by atoms with Gasteiger partial charge in [0.15, 0.2) is 0 Å². The van der Waals surface area contributed by atoms with E-state index in [-0.39, 0.29) is 22.2 Å². The molecule has 0 saturated heterocycles. The number of hydrogen-bond donors (Lipinski definition) is 0. The Balaban J connectivity index is 2.95. The average Bonchev–Trinajstić information content (AvgIpc) is 2.33. The molecule has 1 aromatic rings. The number of benzene rings is 1. The van der Waals surface area contributed by atoms with Gasteiger partial charge in [0, 0.05) is 7.11 Å². The third-order valence-electron chi connectivity index (χ3n) is 2.08. The van der Waals surface area contributed by atoms with Crippen LogP contribution in [0.25, 0.3) is 0 Å². The molecule has 6 heteroatoms. The summed E-state index contributed by atoms with van der Waals surface area (Å²) in [7, 11) is 1.57.